The zero-order valence-electron chi connectivity index (χ0n) is 13.6. The molecule has 0 aromatic carbocycles. The van der Waals surface area contributed by atoms with Crippen LogP contribution in [0.4, 0.5) is 0 Å². The molecule has 2 fully saturated rings. The van der Waals surface area contributed by atoms with Gasteiger partial charge in [0.2, 0.25) is 6.29 Å². The SMILES string of the molecule is CC(=O)OC1CCC(C)(C)C2CC=C3C(=O)OC(O)C3C12C. The first kappa shape index (κ1) is 15.5. The second-order valence-corrected chi connectivity index (χ2v) is 7.71. The van der Waals surface area contributed by atoms with Crippen LogP contribution in [-0.2, 0) is 19.1 Å². The first-order chi connectivity index (χ1) is 10.2. The fourth-order valence-electron chi connectivity index (χ4n) is 5.05. The third-order valence-electron chi connectivity index (χ3n) is 6.07. The molecular weight excluding hydrogens is 284 g/mol. The summed E-state index contributed by atoms with van der Waals surface area (Å²) < 4.78 is 10.7. The minimum absolute atomic E-state index is 0.0544. The number of esters is 2. The first-order valence-electron chi connectivity index (χ1n) is 7.94. The zero-order valence-corrected chi connectivity index (χ0v) is 13.6. The van der Waals surface area contributed by atoms with Gasteiger partial charge in [-0.3, -0.25) is 4.79 Å². The minimum atomic E-state index is -1.15. The Kier molecular flexibility index (Phi) is 3.40. The summed E-state index contributed by atoms with van der Waals surface area (Å²) in [5, 5.41) is 10.3. The largest absolute Gasteiger partial charge is 0.462 e. The Balaban J connectivity index is 2.09. The number of cyclic esters (lactones) is 1. The van der Waals surface area contributed by atoms with Crippen molar-refractivity contribution in [3.8, 4) is 0 Å². The number of rotatable bonds is 1. The Morgan fingerprint density at radius 1 is 1.41 bits per heavy atom. The molecule has 5 atom stereocenters. The van der Waals surface area contributed by atoms with E-state index in [0.29, 0.717) is 5.57 Å². The van der Waals surface area contributed by atoms with Gasteiger partial charge in [-0.15, -0.1) is 0 Å². The van der Waals surface area contributed by atoms with Gasteiger partial charge in [0, 0.05) is 17.9 Å². The summed E-state index contributed by atoms with van der Waals surface area (Å²) in [6, 6.07) is 0. The lowest BCUT2D eigenvalue weighted by Gasteiger charge is -2.58. The maximum absolute atomic E-state index is 12.0. The van der Waals surface area contributed by atoms with E-state index in [1.165, 1.54) is 6.92 Å². The molecule has 2 aliphatic carbocycles. The number of fused-ring (bicyclic) bond motifs is 3. The van der Waals surface area contributed by atoms with Gasteiger partial charge in [0.15, 0.2) is 0 Å². The van der Waals surface area contributed by atoms with Gasteiger partial charge >= 0.3 is 11.9 Å². The van der Waals surface area contributed by atoms with Crippen LogP contribution in [0, 0.1) is 22.7 Å². The van der Waals surface area contributed by atoms with Gasteiger partial charge in [0.1, 0.15) is 6.10 Å². The predicted molar refractivity (Wildman–Crippen MR) is 78.5 cm³/mol. The van der Waals surface area contributed by atoms with Gasteiger partial charge in [0.25, 0.3) is 0 Å². The van der Waals surface area contributed by atoms with Crippen molar-refractivity contribution in [1.82, 2.24) is 0 Å². The molecule has 3 aliphatic rings. The lowest BCUT2D eigenvalue weighted by molar-refractivity contribution is -0.200. The second-order valence-electron chi connectivity index (χ2n) is 7.71. The molecule has 1 heterocycles. The summed E-state index contributed by atoms with van der Waals surface area (Å²) in [5.41, 5.74) is 0.100. The minimum Gasteiger partial charge on any atom is -0.462 e. The summed E-state index contributed by atoms with van der Waals surface area (Å²) >= 11 is 0. The highest BCUT2D eigenvalue weighted by atomic mass is 16.6. The van der Waals surface area contributed by atoms with Gasteiger partial charge in [-0.1, -0.05) is 26.8 Å². The molecular formula is C17H24O5. The smallest absolute Gasteiger partial charge is 0.336 e. The van der Waals surface area contributed by atoms with Crippen molar-refractivity contribution in [2.45, 2.75) is 59.4 Å². The van der Waals surface area contributed by atoms with Crippen LogP contribution in [0.25, 0.3) is 0 Å². The van der Waals surface area contributed by atoms with Crippen molar-refractivity contribution < 1.29 is 24.2 Å². The van der Waals surface area contributed by atoms with Crippen LogP contribution in [0.5, 0.6) is 0 Å². The van der Waals surface area contributed by atoms with Crippen LogP contribution in [0.1, 0.15) is 47.0 Å². The maximum atomic E-state index is 12.0. The van der Waals surface area contributed by atoms with Gasteiger partial charge in [-0.05, 0) is 30.6 Å². The van der Waals surface area contributed by atoms with E-state index in [1.807, 2.05) is 13.0 Å². The molecule has 1 aliphatic heterocycles. The zero-order chi connectivity index (χ0) is 16.3. The molecule has 0 bridgehead atoms. The topological polar surface area (TPSA) is 72.8 Å². The highest BCUT2D eigenvalue weighted by Gasteiger charge is 2.63. The summed E-state index contributed by atoms with van der Waals surface area (Å²) in [5.74, 6) is -0.971. The third kappa shape index (κ3) is 2.02. The monoisotopic (exact) mass is 308 g/mol. The number of hydrogen-bond donors (Lipinski definition) is 1. The number of ether oxygens (including phenoxy) is 2. The van der Waals surface area contributed by atoms with Crippen molar-refractivity contribution in [3.63, 3.8) is 0 Å². The molecule has 0 aromatic heterocycles. The molecule has 5 nitrogen and oxygen atoms in total. The van der Waals surface area contributed by atoms with E-state index in [1.54, 1.807) is 0 Å². The Morgan fingerprint density at radius 2 is 2.09 bits per heavy atom. The first-order valence-corrected chi connectivity index (χ1v) is 7.94. The van der Waals surface area contributed by atoms with Gasteiger partial charge in [0.05, 0.1) is 5.92 Å². The highest BCUT2D eigenvalue weighted by Crippen LogP contribution is 2.62. The summed E-state index contributed by atoms with van der Waals surface area (Å²) in [4.78, 5) is 23.5. The molecule has 0 amide bonds. The van der Waals surface area contributed by atoms with Crippen molar-refractivity contribution in [3.05, 3.63) is 11.6 Å². The molecule has 1 N–H and O–H groups in total. The van der Waals surface area contributed by atoms with E-state index in [-0.39, 0.29) is 23.4 Å². The molecule has 5 heteroatoms. The van der Waals surface area contributed by atoms with Gasteiger partial charge in [-0.25, -0.2) is 4.79 Å². The number of aliphatic hydroxyl groups is 1. The third-order valence-corrected chi connectivity index (χ3v) is 6.07. The summed E-state index contributed by atoms with van der Waals surface area (Å²) in [6.45, 7) is 7.87. The Labute approximate surface area is 130 Å². The van der Waals surface area contributed by atoms with Crippen molar-refractivity contribution in [2.24, 2.45) is 22.7 Å². The van der Waals surface area contributed by atoms with E-state index < -0.39 is 23.6 Å². The van der Waals surface area contributed by atoms with Crippen LogP contribution < -0.4 is 0 Å². The molecule has 1 saturated heterocycles. The summed E-state index contributed by atoms with van der Waals surface area (Å²) in [6.07, 6.45) is 2.89. The predicted octanol–water partition coefficient (Wildman–Crippen LogP) is 2.18. The fraction of sp³-hybridized carbons (Fsp3) is 0.765. The highest BCUT2D eigenvalue weighted by molar-refractivity contribution is 5.91. The maximum Gasteiger partial charge on any atom is 0.336 e. The average Bonchev–Trinajstić information content (AvgIpc) is 2.69. The molecule has 3 rings (SSSR count). The molecule has 0 radical (unpaired) electrons. The molecule has 1 saturated carbocycles. The number of carbonyl (C=O) groups excluding carboxylic acids is 2. The number of carbonyl (C=O) groups is 2. The van der Waals surface area contributed by atoms with Gasteiger partial charge in [-0.2, -0.15) is 0 Å². The number of allylic oxidation sites excluding steroid dienone is 1. The summed E-state index contributed by atoms with van der Waals surface area (Å²) in [7, 11) is 0. The van der Waals surface area contributed by atoms with Crippen LogP contribution in [-0.4, -0.2) is 29.4 Å². The van der Waals surface area contributed by atoms with E-state index in [0.717, 1.165) is 19.3 Å². The quantitative estimate of drug-likeness (QED) is 0.752. The Bertz CT molecular complexity index is 549. The standard InChI is InChI=1S/C17H24O5/c1-9(18)21-12-7-8-16(2,3)11-6-5-10-13(17(11,12)4)15(20)22-14(10)19/h5,11-13,15,20H,6-8H2,1-4H3. The van der Waals surface area contributed by atoms with E-state index in [9.17, 15) is 14.7 Å². The fourth-order valence-corrected chi connectivity index (χ4v) is 5.05. The van der Waals surface area contributed by atoms with Crippen molar-refractivity contribution in [1.29, 1.82) is 0 Å². The second kappa shape index (κ2) is 4.82. The average molecular weight is 308 g/mol. The van der Waals surface area contributed by atoms with Crippen LogP contribution in [0.3, 0.4) is 0 Å². The number of aliphatic hydroxyl groups excluding tert-OH is 1. The number of hydrogen-bond acceptors (Lipinski definition) is 5. The molecule has 22 heavy (non-hydrogen) atoms. The molecule has 122 valence electrons. The van der Waals surface area contributed by atoms with Crippen LogP contribution in [0.2, 0.25) is 0 Å². The lowest BCUT2D eigenvalue weighted by Crippen LogP contribution is -2.58. The van der Waals surface area contributed by atoms with Gasteiger partial charge < -0.3 is 14.6 Å². The van der Waals surface area contributed by atoms with E-state index >= 15 is 0 Å². The Hall–Kier alpha value is -1.36. The van der Waals surface area contributed by atoms with E-state index in [2.05, 4.69) is 13.8 Å². The molecule has 0 spiro atoms. The van der Waals surface area contributed by atoms with Crippen molar-refractivity contribution in [2.75, 3.05) is 0 Å². The molecule has 0 aromatic rings. The Morgan fingerprint density at radius 3 is 2.73 bits per heavy atom. The van der Waals surface area contributed by atoms with Crippen LogP contribution >= 0.6 is 0 Å². The van der Waals surface area contributed by atoms with Crippen molar-refractivity contribution >= 4 is 11.9 Å². The lowest BCUT2D eigenvalue weighted by atomic mass is 9.47. The van der Waals surface area contributed by atoms with E-state index in [4.69, 9.17) is 9.47 Å². The van der Waals surface area contributed by atoms with Crippen LogP contribution in [0.15, 0.2) is 11.6 Å². The molecule has 5 unspecified atom stereocenters. The normalized spacial score (nSPS) is 42.8.